The van der Waals surface area contributed by atoms with Crippen molar-refractivity contribution in [1.29, 1.82) is 0 Å². The molecule has 146 valence electrons. The van der Waals surface area contributed by atoms with Crippen molar-refractivity contribution in [2.45, 2.75) is 58.9 Å². The Balaban J connectivity index is 1.95. The third-order valence-electron chi connectivity index (χ3n) is 5.25. The van der Waals surface area contributed by atoms with E-state index in [1.807, 2.05) is 55.5 Å². The van der Waals surface area contributed by atoms with E-state index in [0.29, 0.717) is 13.0 Å². The second kappa shape index (κ2) is 8.74. The molecular weight excluding hydrogens is 352 g/mol. The maximum absolute atomic E-state index is 12.3. The average molecular weight is 385 g/mol. The van der Waals surface area contributed by atoms with Gasteiger partial charge in [-0.1, -0.05) is 70.2 Å². The Bertz CT molecular complexity index is 748. The molecule has 0 heterocycles. The summed E-state index contributed by atoms with van der Waals surface area (Å²) in [5, 5.41) is 0.150. The largest absolute Gasteiger partial charge is 0.543 e. The topological polar surface area (TPSA) is 35.5 Å². The van der Waals surface area contributed by atoms with E-state index in [1.165, 1.54) is 0 Å². The van der Waals surface area contributed by atoms with Crippen LogP contribution in [-0.4, -0.2) is 14.3 Å². The van der Waals surface area contributed by atoms with Gasteiger partial charge in [0.25, 0.3) is 0 Å². The SMILES string of the molecule is C[C@@H](Cc1cccc(O[Si](C)(C)C(C)(C)C)c1)C(=O)OCc1ccccc1. The quantitative estimate of drug-likeness (QED) is 0.434. The second-order valence-corrected chi connectivity index (χ2v) is 13.4. The number of carbonyl (C=O) groups excluding carboxylic acids is 1. The summed E-state index contributed by atoms with van der Waals surface area (Å²) in [5.41, 5.74) is 2.10. The first-order valence-corrected chi connectivity index (χ1v) is 12.5. The molecule has 0 aromatic heterocycles. The lowest BCUT2D eigenvalue weighted by Crippen LogP contribution is -2.43. The zero-order valence-electron chi connectivity index (χ0n) is 17.4. The standard InChI is InChI=1S/C23H32O3Si/c1-18(22(24)25-17-19-11-8-7-9-12-19)15-20-13-10-14-21(16-20)26-27(5,6)23(2,3)4/h7-14,16,18H,15,17H2,1-6H3/t18-/m0/s1. The molecule has 0 radical (unpaired) electrons. The summed E-state index contributed by atoms with van der Waals surface area (Å²) in [6.07, 6.45) is 0.641. The van der Waals surface area contributed by atoms with Gasteiger partial charge in [0.2, 0.25) is 8.32 Å². The van der Waals surface area contributed by atoms with Crippen molar-refractivity contribution in [3.8, 4) is 5.75 Å². The summed E-state index contributed by atoms with van der Waals surface area (Å²) in [7, 11) is -1.87. The predicted molar refractivity (Wildman–Crippen MR) is 113 cm³/mol. The molecule has 0 aliphatic rings. The van der Waals surface area contributed by atoms with E-state index >= 15 is 0 Å². The first-order chi connectivity index (χ1) is 12.6. The van der Waals surface area contributed by atoms with Crippen molar-refractivity contribution in [3.05, 3.63) is 65.7 Å². The maximum atomic E-state index is 12.3. The van der Waals surface area contributed by atoms with Gasteiger partial charge < -0.3 is 9.16 Å². The fourth-order valence-electron chi connectivity index (χ4n) is 2.49. The Morgan fingerprint density at radius 2 is 1.63 bits per heavy atom. The molecule has 0 N–H and O–H groups in total. The lowest BCUT2D eigenvalue weighted by atomic mass is 10.0. The van der Waals surface area contributed by atoms with Crippen molar-refractivity contribution in [2.24, 2.45) is 5.92 Å². The van der Waals surface area contributed by atoms with E-state index in [9.17, 15) is 4.79 Å². The van der Waals surface area contributed by atoms with Crippen LogP contribution in [0.1, 0.15) is 38.8 Å². The van der Waals surface area contributed by atoms with Crippen LogP contribution in [0.3, 0.4) is 0 Å². The fraction of sp³-hybridized carbons (Fsp3) is 0.435. The predicted octanol–water partition coefficient (Wildman–Crippen LogP) is 5.99. The average Bonchev–Trinajstić information content (AvgIpc) is 2.59. The van der Waals surface area contributed by atoms with E-state index in [4.69, 9.17) is 9.16 Å². The molecule has 0 unspecified atom stereocenters. The Labute approximate surface area is 164 Å². The molecule has 4 heteroatoms. The molecule has 3 nitrogen and oxygen atoms in total. The van der Waals surface area contributed by atoms with Crippen LogP contribution in [0.15, 0.2) is 54.6 Å². The normalized spacial score (nSPS) is 13.1. The number of hydrogen-bond donors (Lipinski definition) is 0. The van der Waals surface area contributed by atoms with Gasteiger partial charge in [-0.25, -0.2) is 0 Å². The Morgan fingerprint density at radius 1 is 1.00 bits per heavy atom. The highest BCUT2D eigenvalue weighted by atomic mass is 28.4. The number of ether oxygens (including phenoxy) is 1. The van der Waals surface area contributed by atoms with Crippen LogP contribution < -0.4 is 4.43 Å². The van der Waals surface area contributed by atoms with Crippen LogP contribution >= 0.6 is 0 Å². The molecule has 1 atom stereocenters. The van der Waals surface area contributed by atoms with E-state index < -0.39 is 8.32 Å². The van der Waals surface area contributed by atoms with Crippen LogP contribution in [-0.2, 0) is 22.6 Å². The molecule has 0 saturated carbocycles. The number of rotatable bonds is 7. The summed E-state index contributed by atoms with van der Waals surface area (Å²) >= 11 is 0. The monoisotopic (exact) mass is 384 g/mol. The van der Waals surface area contributed by atoms with Gasteiger partial charge in [0.1, 0.15) is 12.4 Å². The molecule has 0 fully saturated rings. The van der Waals surface area contributed by atoms with Crippen molar-refractivity contribution in [1.82, 2.24) is 0 Å². The van der Waals surface area contributed by atoms with Crippen LogP contribution in [0.25, 0.3) is 0 Å². The van der Waals surface area contributed by atoms with Crippen LogP contribution in [0.5, 0.6) is 5.75 Å². The highest BCUT2D eigenvalue weighted by Gasteiger charge is 2.38. The fourth-order valence-corrected chi connectivity index (χ4v) is 3.51. The third-order valence-corrected chi connectivity index (χ3v) is 9.60. The summed E-state index contributed by atoms with van der Waals surface area (Å²) in [4.78, 5) is 12.3. The number of esters is 1. The second-order valence-electron chi connectivity index (χ2n) is 8.71. The first-order valence-electron chi connectivity index (χ1n) is 9.57. The minimum Gasteiger partial charge on any atom is -0.543 e. The van der Waals surface area contributed by atoms with E-state index in [2.05, 4.69) is 39.9 Å². The molecular formula is C23H32O3Si. The first kappa shape index (κ1) is 21.2. The van der Waals surface area contributed by atoms with Crippen molar-refractivity contribution < 1.29 is 14.0 Å². The molecule has 2 rings (SSSR count). The molecule has 0 aliphatic heterocycles. The summed E-state index contributed by atoms with van der Waals surface area (Å²) in [6.45, 7) is 13.4. The van der Waals surface area contributed by atoms with Gasteiger partial charge in [-0.05, 0) is 47.8 Å². The molecule has 27 heavy (non-hydrogen) atoms. The zero-order chi connectivity index (χ0) is 20.1. The molecule has 0 saturated heterocycles. The van der Waals surface area contributed by atoms with Gasteiger partial charge in [-0.15, -0.1) is 0 Å². The molecule has 0 aliphatic carbocycles. The number of hydrogen-bond acceptors (Lipinski definition) is 3. The van der Waals surface area contributed by atoms with Gasteiger partial charge >= 0.3 is 5.97 Å². The van der Waals surface area contributed by atoms with Gasteiger partial charge in [0.15, 0.2) is 0 Å². The number of benzene rings is 2. The molecule has 2 aromatic carbocycles. The minimum absolute atomic E-state index is 0.150. The lowest BCUT2D eigenvalue weighted by molar-refractivity contribution is -0.149. The number of carbonyl (C=O) groups is 1. The molecule has 0 amide bonds. The van der Waals surface area contributed by atoms with Crippen LogP contribution in [0, 0.1) is 5.92 Å². The van der Waals surface area contributed by atoms with Crippen molar-refractivity contribution >= 4 is 14.3 Å². The van der Waals surface area contributed by atoms with Gasteiger partial charge in [0.05, 0.1) is 5.92 Å². The van der Waals surface area contributed by atoms with Gasteiger partial charge in [-0.3, -0.25) is 4.79 Å². The zero-order valence-corrected chi connectivity index (χ0v) is 18.4. The Kier molecular flexibility index (Phi) is 6.87. The van der Waals surface area contributed by atoms with Gasteiger partial charge in [-0.2, -0.15) is 0 Å². The van der Waals surface area contributed by atoms with E-state index in [1.54, 1.807) is 0 Å². The maximum Gasteiger partial charge on any atom is 0.309 e. The van der Waals surface area contributed by atoms with Crippen molar-refractivity contribution in [3.63, 3.8) is 0 Å². The highest BCUT2D eigenvalue weighted by molar-refractivity contribution is 6.74. The highest BCUT2D eigenvalue weighted by Crippen LogP contribution is 2.37. The smallest absolute Gasteiger partial charge is 0.309 e. The van der Waals surface area contributed by atoms with Crippen LogP contribution in [0.2, 0.25) is 18.1 Å². The van der Waals surface area contributed by atoms with Crippen molar-refractivity contribution in [2.75, 3.05) is 0 Å². The van der Waals surface area contributed by atoms with E-state index in [-0.39, 0.29) is 16.9 Å². The molecule has 0 spiro atoms. The molecule has 2 aromatic rings. The van der Waals surface area contributed by atoms with Gasteiger partial charge in [0, 0.05) is 0 Å². The summed E-state index contributed by atoms with van der Waals surface area (Å²) in [6, 6.07) is 17.9. The minimum atomic E-state index is -1.87. The van der Waals surface area contributed by atoms with E-state index in [0.717, 1.165) is 16.9 Å². The summed E-state index contributed by atoms with van der Waals surface area (Å²) in [5.74, 6) is 0.523. The third kappa shape index (κ3) is 6.24. The Morgan fingerprint density at radius 3 is 2.26 bits per heavy atom. The van der Waals surface area contributed by atoms with Crippen LogP contribution in [0.4, 0.5) is 0 Å². The lowest BCUT2D eigenvalue weighted by Gasteiger charge is -2.36. The summed E-state index contributed by atoms with van der Waals surface area (Å²) < 4.78 is 11.8. The molecule has 0 bridgehead atoms. The Hall–Kier alpha value is -2.07.